The minimum absolute atomic E-state index is 0.189. The molecule has 0 saturated carbocycles. The quantitative estimate of drug-likeness (QED) is 0.830. The fourth-order valence-corrected chi connectivity index (χ4v) is 3.21. The molecule has 2 rings (SSSR count). The first-order valence-corrected chi connectivity index (χ1v) is 7.20. The van der Waals surface area contributed by atoms with E-state index in [4.69, 9.17) is 9.47 Å². The van der Waals surface area contributed by atoms with Crippen LogP contribution in [0.25, 0.3) is 0 Å². The van der Waals surface area contributed by atoms with Crippen molar-refractivity contribution in [2.24, 2.45) is 10.9 Å². The van der Waals surface area contributed by atoms with Gasteiger partial charge in [-0.15, -0.1) is 0 Å². The molecule has 17 heavy (non-hydrogen) atoms. The van der Waals surface area contributed by atoms with Crippen LogP contribution in [-0.4, -0.2) is 49.4 Å². The predicted molar refractivity (Wildman–Crippen MR) is 71.7 cm³/mol. The van der Waals surface area contributed by atoms with Gasteiger partial charge in [0.05, 0.1) is 13.2 Å². The topological polar surface area (TPSA) is 42.8 Å². The molecule has 2 fully saturated rings. The summed E-state index contributed by atoms with van der Waals surface area (Å²) in [5, 5.41) is 4.53. The first-order chi connectivity index (χ1) is 8.15. The van der Waals surface area contributed by atoms with Crippen LogP contribution in [0.4, 0.5) is 0 Å². The Balaban J connectivity index is 1.88. The third-order valence-electron chi connectivity index (χ3n) is 3.52. The maximum Gasteiger partial charge on any atom is 0.156 e. The van der Waals surface area contributed by atoms with Gasteiger partial charge in [-0.25, -0.2) is 0 Å². The van der Waals surface area contributed by atoms with Crippen LogP contribution in [0.2, 0.25) is 0 Å². The van der Waals surface area contributed by atoms with Gasteiger partial charge in [0.1, 0.15) is 5.60 Å². The highest BCUT2D eigenvalue weighted by Crippen LogP contribution is 2.24. The van der Waals surface area contributed by atoms with Crippen molar-refractivity contribution in [2.45, 2.75) is 31.9 Å². The van der Waals surface area contributed by atoms with E-state index in [9.17, 15) is 0 Å². The van der Waals surface area contributed by atoms with Gasteiger partial charge in [-0.1, -0.05) is 25.6 Å². The standard InChI is InChI=1S/C12H22N2O2S/c1-9(2)10-6-17-11(14-10)13-7-12(15-3)4-5-16-8-12/h9-10H,4-8H2,1-3H3,(H,13,14). The van der Waals surface area contributed by atoms with Gasteiger partial charge in [0.15, 0.2) is 5.17 Å². The van der Waals surface area contributed by atoms with E-state index >= 15 is 0 Å². The third-order valence-corrected chi connectivity index (χ3v) is 4.57. The lowest BCUT2D eigenvalue weighted by atomic mass is 10.0. The van der Waals surface area contributed by atoms with Gasteiger partial charge in [-0.2, -0.15) is 0 Å². The summed E-state index contributed by atoms with van der Waals surface area (Å²) in [6, 6.07) is 0.553. The molecule has 0 aromatic heterocycles. The van der Waals surface area contributed by atoms with Crippen molar-refractivity contribution in [1.29, 1.82) is 0 Å². The van der Waals surface area contributed by atoms with Crippen LogP contribution >= 0.6 is 11.8 Å². The van der Waals surface area contributed by atoms with E-state index < -0.39 is 0 Å². The lowest BCUT2D eigenvalue weighted by Gasteiger charge is -2.23. The molecule has 2 aliphatic heterocycles. The normalized spacial score (nSPS) is 35.8. The van der Waals surface area contributed by atoms with Gasteiger partial charge >= 0.3 is 0 Å². The van der Waals surface area contributed by atoms with E-state index in [0.29, 0.717) is 25.1 Å². The van der Waals surface area contributed by atoms with Crippen molar-refractivity contribution in [3.8, 4) is 0 Å². The van der Waals surface area contributed by atoms with Crippen molar-refractivity contribution in [2.75, 3.05) is 32.6 Å². The number of thioether (sulfide) groups is 1. The highest BCUT2D eigenvalue weighted by atomic mass is 32.2. The zero-order valence-corrected chi connectivity index (χ0v) is 11.7. The fraction of sp³-hybridized carbons (Fsp3) is 0.917. The van der Waals surface area contributed by atoms with Gasteiger partial charge in [0.2, 0.25) is 0 Å². The van der Waals surface area contributed by atoms with Crippen LogP contribution < -0.4 is 5.32 Å². The van der Waals surface area contributed by atoms with Crippen LogP contribution in [0.15, 0.2) is 4.99 Å². The second-order valence-electron chi connectivity index (χ2n) is 5.12. The Bertz CT molecular complexity index is 288. The Morgan fingerprint density at radius 2 is 2.47 bits per heavy atom. The molecule has 2 aliphatic rings. The Labute approximate surface area is 108 Å². The van der Waals surface area contributed by atoms with Gasteiger partial charge in [-0.3, -0.25) is 4.99 Å². The molecule has 2 atom stereocenters. The van der Waals surface area contributed by atoms with Crippen molar-refractivity contribution in [3.05, 3.63) is 0 Å². The largest absolute Gasteiger partial charge is 0.378 e. The number of rotatable bonds is 4. The molecule has 5 heteroatoms. The number of hydrogen-bond acceptors (Lipinski definition) is 4. The number of ether oxygens (including phenoxy) is 2. The molecule has 0 aromatic carbocycles. The second kappa shape index (κ2) is 5.59. The third kappa shape index (κ3) is 3.14. The lowest BCUT2D eigenvalue weighted by Crippen LogP contribution is -2.37. The first kappa shape index (κ1) is 13.2. The highest BCUT2D eigenvalue weighted by Gasteiger charge is 2.35. The molecule has 0 amide bonds. The van der Waals surface area contributed by atoms with Crippen LogP contribution in [0.3, 0.4) is 0 Å². The summed E-state index contributed by atoms with van der Waals surface area (Å²) in [6.45, 7) is 6.63. The maximum absolute atomic E-state index is 5.56. The van der Waals surface area contributed by atoms with Gasteiger partial charge < -0.3 is 14.8 Å². The Kier molecular flexibility index (Phi) is 4.33. The molecule has 98 valence electrons. The zero-order chi connectivity index (χ0) is 12.3. The Hall–Kier alpha value is -0.260. The number of nitrogens with one attached hydrogen (secondary N) is 1. The van der Waals surface area contributed by atoms with Crippen LogP contribution in [0.1, 0.15) is 20.3 Å². The van der Waals surface area contributed by atoms with Crippen LogP contribution in [0, 0.1) is 5.92 Å². The van der Waals surface area contributed by atoms with E-state index in [1.165, 1.54) is 0 Å². The summed E-state index contributed by atoms with van der Waals surface area (Å²) in [5.74, 6) is 1.77. The van der Waals surface area contributed by atoms with E-state index in [1.807, 2.05) is 11.8 Å². The average molecular weight is 258 g/mol. The molecule has 1 N–H and O–H groups in total. The zero-order valence-electron chi connectivity index (χ0n) is 10.9. The number of hydrogen-bond donors (Lipinski definition) is 1. The van der Waals surface area contributed by atoms with Gasteiger partial charge in [0, 0.05) is 31.9 Å². The molecule has 0 bridgehead atoms. The molecule has 0 spiro atoms. The van der Waals surface area contributed by atoms with Crippen LogP contribution in [-0.2, 0) is 9.47 Å². The van der Waals surface area contributed by atoms with Crippen LogP contribution in [0.5, 0.6) is 0 Å². The predicted octanol–water partition coefficient (Wildman–Crippen LogP) is 1.51. The molecule has 0 radical (unpaired) electrons. The molecular weight excluding hydrogens is 236 g/mol. The first-order valence-electron chi connectivity index (χ1n) is 6.22. The molecule has 0 aromatic rings. The molecule has 2 heterocycles. The summed E-state index contributed by atoms with van der Waals surface area (Å²) < 4.78 is 11.0. The summed E-state index contributed by atoms with van der Waals surface area (Å²) >= 11 is 1.81. The van der Waals surface area contributed by atoms with Crippen molar-refractivity contribution in [1.82, 2.24) is 5.32 Å². The molecule has 2 saturated heterocycles. The summed E-state index contributed by atoms with van der Waals surface area (Å²) in [6.07, 6.45) is 0.943. The van der Waals surface area contributed by atoms with Crippen molar-refractivity contribution < 1.29 is 9.47 Å². The van der Waals surface area contributed by atoms with E-state index in [0.717, 1.165) is 23.9 Å². The number of aliphatic imine (C=N–C) groups is 1. The lowest BCUT2D eigenvalue weighted by molar-refractivity contribution is -0.00898. The number of methoxy groups -OCH3 is 1. The van der Waals surface area contributed by atoms with Crippen molar-refractivity contribution in [3.63, 3.8) is 0 Å². The van der Waals surface area contributed by atoms with E-state index in [-0.39, 0.29) is 5.60 Å². The van der Waals surface area contributed by atoms with E-state index in [2.05, 4.69) is 24.2 Å². The fourth-order valence-electron chi connectivity index (χ4n) is 2.02. The summed E-state index contributed by atoms with van der Waals surface area (Å²) in [5.41, 5.74) is -0.189. The van der Waals surface area contributed by atoms with Gasteiger partial charge in [-0.05, 0) is 5.92 Å². The Morgan fingerprint density at radius 1 is 1.65 bits per heavy atom. The number of nitrogens with zero attached hydrogens (tertiary/aromatic N) is 1. The Morgan fingerprint density at radius 3 is 3.00 bits per heavy atom. The second-order valence-corrected chi connectivity index (χ2v) is 6.13. The number of amidine groups is 1. The average Bonchev–Trinajstić information content (AvgIpc) is 2.96. The van der Waals surface area contributed by atoms with Crippen molar-refractivity contribution >= 4 is 16.9 Å². The molecular formula is C12H22N2O2S. The minimum atomic E-state index is -0.189. The van der Waals surface area contributed by atoms with Gasteiger partial charge in [0.25, 0.3) is 0 Å². The highest BCUT2D eigenvalue weighted by molar-refractivity contribution is 8.14. The summed E-state index contributed by atoms with van der Waals surface area (Å²) in [7, 11) is 1.75. The molecule has 4 nitrogen and oxygen atoms in total. The maximum atomic E-state index is 5.56. The summed E-state index contributed by atoms with van der Waals surface area (Å²) in [4.78, 5) is 4.64. The SMILES string of the molecule is COC1(CN=C2NC(C(C)C)CS2)CCOC1. The molecule has 2 unspecified atom stereocenters. The monoisotopic (exact) mass is 258 g/mol. The smallest absolute Gasteiger partial charge is 0.156 e. The molecule has 0 aliphatic carbocycles. The minimum Gasteiger partial charge on any atom is -0.378 e. The van der Waals surface area contributed by atoms with E-state index in [1.54, 1.807) is 7.11 Å².